The molecule has 0 aliphatic rings. The number of fused-ring (bicyclic) bond motifs is 1. The first kappa shape index (κ1) is 18.2. The summed E-state index contributed by atoms with van der Waals surface area (Å²) in [4.78, 5) is 29.2. The van der Waals surface area contributed by atoms with Crippen LogP contribution in [0.25, 0.3) is 11.2 Å². The molecule has 138 valence electrons. The van der Waals surface area contributed by atoms with Gasteiger partial charge < -0.3 is 9.13 Å². The van der Waals surface area contributed by atoms with Gasteiger partial charge in [0.2, 0.25) is 0 Å². The molecule has 3 aromatic heterocycles. The van der Waals surface area contributed by atoms with E-state index in [1.807, 2.05) is 11.5 Å². The van der Waals surface area contributed by atoms with E-state index in [0.29, 0.717) is 36.4 Å². The first-order valence-electron chi connectivity index (χ1n) is 8.20. The minimum absolute atomic E-state index is 0.307. The van der Waals surface area contributed by atoms with Crippen molar-refractivity contribution in [2.45, 2.75) is 31.6 Å². The average Bonchev–Trinajstić information content (AvgIpc) is 3.17. The van der Waals surface area contributed by atoms with Crippen molar-refractivity contribution in [3.63, 3.8) is 0 Å². The van der Waals surface area contributed by atoms with E-state index in [1.54, 1.807) is 42.8 Å². The minimum atomic E-state index is -0.350. The predicted molar refractivity (Wildman–Crippen MR) is 101 cm³/mol. The van der Waals surface area contributed by atoms with Gasteiger partial charge in [0.25, 0.3) is 5.56 Å². The van der Waals surface area contributed by atoms with Crippen molar-refractivity contribution >= 4 is 22.9 Å². The van der Waals surface area contributed by atoms with Crippen LogP contribution < -0.4 is 11.2 Å². The topological polar surface area (TPSA) is 92.5 Å². The second kappa shape index (κ2) is 7.32. The number of hydrogen-bond acceptors (Lipinski definition) is 6. The highest BCUT2D eigenvalue weighted by Crippen LogP contribution is 2.17. The maximum absolute atomic E-state index is 12.6. The molecule has 10 heteroatoms. The van der Waals surface area contributed by atoms with Crippen LogP contribution in [-0.2, 0) is 27.2 Å². The molecule has 0 radical (unpaired) electrons. The molecule has 0 atom stereocenters. The molecule has 0 aliphatic carbocycles. The molecule has 0 N–H and O–H groups in total. The van der Waals surface area contributed by atoms with Crippen molar-refractivity contribution in [1.82, 2.24) is 33.4 Å². The Balaban J connectivity index is 1.75. The predicted octanol–water partition coefficient (Wildman–Crippen LogP) is 0.702. The van der Waals surface area contributed by atoms with E-state index < -0.39 is 0 Å². The van der Waals surface area contributed by atoms with Gasteiger partial charge in [-0.1, -0.05) is 17.8 Å². The van der Waals surface area contributed by atoms with Gasteiger partial charge in [0.1, 0.15) is 5.82 Å². The molecule has 3 heterocycles. The van der Waals surface area contributed by atoms with Crippen molar-refractivity contribution in [2.24, 2.45) is 14.1 Å². The molecule has 26 heavy (non-hydrogen) atoms. The van der Waals surface area contributed by atoms with E-state index in [4.69, 9.17) is 0 Å². The minimum Gasteiger partial charge on any atom is -0.328 e. The zero-order chi connectivity index (χ0) is 18.8. The van der Waals surface area contributed by atoms with Crippen molar-refractivity contribution < 1.29 is 0 Å². The van der Waals surface area contributed by atoms with Gasteiger partial charge in [-0.15, -0.1) is 16.8 Å². The van der Waals surface area contributed by atoms with Crippen LogP contribution in [0.4, 0.5) is 0 Å². The molecule has 0 saturated carbocycles. The Kier molecular flexibility index (Phi) is 5.12. The van der Waals surface area contributed by atoms with E-state index in [2.05, 4.69) is 21.8 Å². The lowest BCUT2D eigenvalue weighted by atomic mass is 10.4. The number of hydrogen-bond donors (Lipinski definition) is 0. The molecule has 0 aromatic carbocycles. The fraction of sp³-hybridized carbons (Fsp3) is 0.438. The third kappa shape index (κ3) is 3.12. The first-order chi connectivity index (χ1) is 12.5. The number of aryl methyl sites for hydroxylation is 3. The second-order valence-electron chi connectivity index (χ2n) is 5.96. The summed E-state index contributed by atoms with van der Waals surface area (Å²) >= 11 is 1.55. The van der Waals surface area contributed by atoms with Crippen molar-refractivity contribution in [2.75, 3.05) is 5.75 Å². The highest BCUT2D eigenvalue weighted by molar-refractivity contribution is 7.99. The third-order valence-corrected chi connectivity index (χ3v) is 5.22. The molecule has 0 aliphatic heterocycles. The van der Waals surface area contributed by atoms with Gasteiger partial charge in [-0.25, -0.2) is 9.78 Å². The lowest BCUT2D eigenvalue weighted by Crippen LogP contribution is -2.39. The smallest absolute Gasteiger partial charge is 0.328 e. The van der Waals surface area contributed by atoms with Crippen molar-refractivity contribution in [3.05, 3.63) is 45.6 Å². The van der Waals surface area contributed by atoms with E-state index in [0.717, 1.165) is 11.0 Å². The highest BCUT2D eigenvalue weighted by Gasteiger charge is 2.15. The van der Waals surface area contributed by atoms with E-state index in [1.165, 1.54) is 9.13 Å². The number of thioether (sulfide) groups is 1. The molecule has 0 amide bonds. The summed E-state index contributed by atoms with van der Waals surface area (Å²) < 4.78 is 6.30. The molecular formula is C16H21N7O2S. The zero-order valence-corrected chi connectivity index (χ0v) is 15.9. The normalized spacial score (nSPS) is 11.3. The summed E-state index contributed by atoms with van der Waals surface area (Å²) in [5.41, 5.74) is 0.179. The third-order valence-electron chi connectivity index (χ3n) is 4.17. The Morgan fingerprint density at radius 2 is 2.00 bits per heavy atom. The molecule has 3 rings (SSSR count). The van der Waals surface area contributed by atoms with Crippen LogP contribution in [0.2, 0.25) is 0 Å². The van der Waals surface area contributed by atoms with Crippen LogP contribution in [0.1, 0.15) is 12.2 Å². The lowest BCUT2D eigenvalue weighted by molar-refractivity contribution is 0.593. The average molecular weight is 375 g/mol. The van der Waals surface area contributed by atoms with Gasteiger partial charge in [-0.2, -0.15) is 0 Å². The van der Waals surface area contributed by atoms with Gasteiger partial charge in [0.15, 0.2) is 16.3 Å². The number of nitrogens with zero attached hydrogens (tertiary/aromatic N) is 7. The quantitative estimate of drug-likeness (QED) is 0.343. The summed E-state index contributed by atoms with van der Waals surface area (Å²) in [7, 11) is 3.37. The second-order valence-corrected chi connectivity index (χ2v) is 7.02. The Labute approximate surface area is 154 Å². The zero-order valence-electron chi connectivity index (χ0n) is 15.0. The summed E-state index contributed by atoms with van der Waals surface area (Å²) in [6.07, 6.45) is 4.00. The molecule has 0 saturated heterocycles. The van der Waals surface area contributed by atoms with Crippen LogP contribution >= 0.6 is 11.8 Å². The molecule has 3 aromatic rings. The van der Waals surface area contributed by atoms with Crippen LogP contribution in [-0.4, -0.2) is 39.2 Å². The molecule has 0 spiro atoms. The maximum atomic E-state index is 12.6. The molecular weight excluding hydrogens is 354 g/mol. The molecule has 0 unspecified atom stereocenters. The number of aromatic nitrogens is 7. The fourth-order valence-electron chi connectivity index (χ4n) is 2.79. The summed E-state index contributed by atoms with van der Waals surface area (Å²) in [5.74, 6) is 1.55. The summed E-state index contributed by atoms with van der Waals surface area (Å²) in [5, 5.41) is 9.04. The number of allylic oxidation sites excluding steroid dienone is 1. The van der Waals surface area contributed by atoms with Gasteiger partial charge in [0.05, 0.1) is 6.33 Å². The van der Waals surface area contributed by atoms with Crippen LogP contribution in [0.15, 0.2) is 33.7 Å². The van der Waals surface area contributed by atoms with Crippen molar-refractivity contribution in [1.29, 1.82) is 0 Å². The van der Waals surface area contributed by atoms with Gasteiger partial charge in [0, 0.05) is 32.9 Å². The molecule has 0 bridgehead atoms. The number of imidazole rings is 1. The highest BCUT2D eigenvalue weighted by atomic mass is 32.2. The largest absolute Gasteiger partial charge is 0.332 e. The Bertz CT molecular complexity index is 1070. The fourth-order valence-corrected chi connectivity index (χ4v) is 3.70. The van der Waals surface area contributed by atoms with Crippen LogP contribution in [0, 0.1) is 6.92 Å². The standard InChI is InChI=1S/C16H21N7O2S/c1-5-7-22-11(2)18-19-15(22)26-9-6-8-23-14(24)12-13(17-10-20(12)3)21(4)16(23)25/h5,10H,1,6-9H2,2-4H3. The Morgan fingerprint density at radius 3 is 2.73 bits per heavy atom. The van der Waals surface area contributed by atoms with E-state index in [9.17, 15) is 9.59 Å². The molecule has 0 fully saturated rings. The Hall–Kier alpha value is -2.62. The Morgan fingerprint density at radius 1 is 1.23 bits per heavy atom. The van der Waals surface area contributed by atoms with Crippen LogP contribution in [0.5, 0.6) is 0 Å². The maximum Gasteiger partial charge on any atom is 0.332 e. The van der Waals surface area contributed by atoms with E-state index >= 15 is 0 Å². The van der Waals surface area contributed by atoms with Crippen molar-refractivity contribution in [3.8, 4) is 0 Å². The molecule has 9 nitrogen and oxygen atoms in total. The van der Waals surface area contributed by atoms with E-state index in [-0.39, 0.29) is 11.2 Å². The summed E-state index contributed by atoms with van der Waals surface area (Å²) in [6, 6.07) is 0. The number of rotatable bonds is 7. The lowest BCUT2D eigenvalue weighted by Gasteiger charge is -2.09. The monoisotopic (exact) mass is 375 g/mol. The van der Waals surface area contributed by atoms with Gasteiger partial charge in [-0.3, -0.25) is 13.9 Å². The first-order valence-corrected chi connectivity index (χ1v) is 9.18. The van der Waals surface area contributed by atoms with Gasteiger partial charge in [-0.05, 0) is 13.3 Å². The summed E-state index contributed by atoms with van der Waals surface area (Å²) in [6.45, 7) is 6.63. The van der Waals surface area contributed by atoms with Crippen LogP contribution in [0.3, 0.4) is 0 Å². The van der Waals surface area contributed by atoms with Gasteiger partial charge >= 0.3 is 5.69 Å². The SMILES string of the molecule is C=CCn1c(C)nnc1SCCCn1c(=O)c2c(ncn2C)n(C)c1=O.